The number of anilines is 8. The topological polar surface area (TPSA) is 13.0 Å². The zero-order valence-electron chi connectivity index (χ0n) is 47.1. The Bertz CT molecular complexity index is 3800. The van der Waals surface area contributed by atoms with Crippen molar-refractivity contribution < 1.29 is 0 Å². The van der Waals surface area contributed by atoms with E-state index in [1.54, 1.807) is 0 Å². The first-order chi connectivity index (χ1) is 41.0. The molecule has 6 aliphatic heterocycles. The average Bonchev–Trinajstić information content (AvgIpc) is 1.49. The Balaban J connectivity index is 0.817. The van der Waals surface area contributed by atoms with Crippen LogP contribution >= 0.6 is 0 Å². The molecule has 0 N–H and O–H groups in total. The highest BCUT2D eigenvalue weighted by atomic mass is 15.2. The summed E-state index contributed by atoms with van der Waals surface area (Å²) in [5.41, 5.74) is 26.2. The molecule has 10 aromatic carbocycles. The Morgan fingerprint density at radius 3 is 0.867 bits per heavy atom. The van der Waals surface area contributed by atoms with E-state index in [4.69, 9.17) is 0 Å². The van der Waals surface area contributed by atoms with Crippen LogP contribution in [-0.2, 0) is 0 Å². The van der Waals surface area contributed by atoms with Crippen molar-refractivity contribution in [3.05, 3.63) is 237 Å². The van der Waals surface area contributed by atoms with Crippen LogP contribution in [0.2, 0.25) is 0 Å². The molecule has 0 unspecified atom stereocenters. The van der Waals surface area contributed by atoms with Crippen LogP contribution in [-0.4, -0.2) is 30.9 Å². The van der Waals surface area contributed by atoms with Gasteiger partial charge in [-0.2, -0.15) is 0 Å². The second kappa shape index (κ2) is 19.0. The van der Waals surface area contributed by atoms with Crippen molar-refractivity contribution in [2.24, 2.45) is 23.7 Å². The molecule has 10 aliphatic rings. The summed E-state index contributed by atoms with van der Waals surface area (Å²) >= 11 is 0. The number of piperidine rings is 4. The summed E-state index contributed by atoms with van der Waals surface area (Å²) in [6, 6.07) is 93.3. The summed E-state index contributed by atoms with van der Waals surface area (Å²) in [6.45, 7) is -0.0307. The highest BCUT2D eigenvalue weighted by molar-refractivity contribution is 7.00. The number of hydrogen-bond acceptors (Lipinski definition) is 4. The molecule has 0 spiro atoms. The molecule has 0 radical (unpaired) electrons. The van der Waals surface area contributed by atoms with E-state index in [0.29, 0.717) is 24.2 Å². The second-order valence-electron chi connectivity index (χ2n) is 26.1. The largest absolute Gasteiger partial charge is 0.366 e. The van der Waals surface area contributed by atoms with Gasteiger partial charge in [0.2, 0.25) is 0 Å². The van der Waals surface area contributed by atoms with Crippen LogP contribution in [0.4, 0.5) is 45.5 Å². The summed E-state index contributed by atoms with van der Waals surface area (Å²) in [7, 11) is 0. The quantitative estimate of drug-likeness (QED) is 0.134. The normalized spacial score (nSPS) is 23.8. The van der Waals surface area contributed by atoms with E-state index >= 15 is 0 Å². The molecular weight excluding hydrogens is 1000 g/mol. The van der Waals surface area contributed by atoms with Crippen LogP contribution in [0.15, 0.2) is 237 Å². The maximum atomic E-state index is 2.83. The van der Waals surface area contributed by atoms with Crippen LogP contribution in [0.1, 0.15) is 64.2 Å². The lowest BCUT2D eigenvalue weighted by Gasteiger charge is -2.57. The number of hydrogen-bond donors (Lipinski definition) is 0. The molecule has 0 amide bonds. The van der Waals surface area contributed by atoms with E-state index in [-0.39, 0.29) is 6.71 Å². The Hall–Kier alpha value is -8.54. The van der Waals surface area contributed by atoms with Gasteiger partial charge in [0.15, 0.2) is 0 Å². The van der Waals surface area contributed by atoms with E-state index in [2.05, 4.69) is 256 Å². The van der Waals surface area contributed by atoms with E-state index in [9.17, 15) is 0 Å². The summed E-state index contributed by atoms with van der Waals surface area (Å²) in [5, 5.41) is 0. The molecule has 10 aromatic rings. The van der Waals surface area contributed by atoms with Crippen molar-refractivity contribution in [1.82, 2.24) is 0 Å². The minimum atomic E-state index is -0.0307. The van der Waals surface area contributed by atoms with Crippen LogP contribution in [0, 0.1) is 23.7 Å². The van der Waals surface area contributed by atoms with Gasteiger partial charge in [0, 0.05) is 69.7 Å². The summed E-state index contributed by atoms with van der Waals surface area (Å²) in [6.07, 6.45) is 13.9. The molecule has 83 heavy (non-hydrogen) atoms. The fourth-order valence-electron chi connectivity index (χ4n) is 18.1. The molecular formula is C78H67BN4. The summed E-state index contributed by atoms with van der Waals surface area (Å²) in [4.78, 5) is 10.8. The fraction of sp³-hybridized carbons (Fsp3) is 0.231. The van der Waals surface area contributed by atoms with Gasteiger partial charge in [-0.3, -0.25) is 0 Å². The van der Waals surface area contributed by atoms with Gasteiger partial charge in [-0.15, -0.1) is 0 Å². The van der Waals surface area contributed by atoms with Gasteiger partial charge in [0.05, 0.1) is 0 Å². The highest BCUT2D eigenvalue weighted by Gasteiger charge is 2.49. The lowest BCUT2D eigenvalue weighted by atomic mass is 9.33. The second-order valence-corrected chi connectivity index (χ2v) is 26.1. The molecule has 4 nitrogen and oxygen atoms in total. The third-order valence-electron chi connectivity index (χ3n) is 21.4. The minimum absolute atomic E-state index is 0.0307. The molecule has 4 saturated heterocycles. The monoisotopic (exact) mass is 1070 g/mol. The molecule has 6 heterocycles. The molecule has 402 valence electrons. The number of fused-ring (bicyclic) bond motifs is 4. The van der Waals surface area contributed by atoms with Gasteiger partial charge in [-0.05, 0) is 233 Å². The van der Waals surface area contributed by atoms with Crippen molar-refractivity contribution in [2.75, 3.05) is 19.6 Å². The Morgan fingerprint density at radius 1 is 0.241 bits per heavy atom. The molecule has 4 aliphatic carbocycles. The molecule has 5 heteroatoms. The predicted molar refractivity (Wildman–Crippen MR) is 348 cm³/mol. The molecule has 20 rings (SSSR count). The maximum absolute atomic E-state index is 2.83. The van der Waals surface area contributed by atoms with Crippen LogP contribution in [0.25, 0.3) is 55.6 Å². The minimum Gasteiger partial charge on any atom is -0.366 e. The fourth-order valence-corrected chi connectivity index (χ4v) is 18.1. The zero-order valence-corrected chi connectivity index (χ0v) is 47.1. The van der Waals surface area contributed by atoms with Crippen LogP contribution < -0.4 is 36.0 Å². The number of nitrogens with zero attached hydrogens (tertiary/aromatic N) is 4. The maximum Gasteiger partial charge on any atom is 0.252 e. The third-order valence-corrected chi connectivity index (χ3v) is 21.4. The van der Waals surface area contributed by atoms with Crippen molar-refractivity contribution in [3.63, 3.8) is 0 Å². The molecule has 4 saturated carbocycles. The molecule has 0 atom stereocenters. The van der Waals surface area contributed by atoms with Crippen molar-refractivity contribution in [3.8, 4) is 55.6 Å². The summed E-state index contributed by atoms with van der Waals surface area (Å²) in [5.74, 6) is 3.74. The zero-order chi connectivity index (χ0) is 54.3. The molecule has 8 fully saturated rings. The Morgan fingerprint density at radius 2 is 0.518 bits per heavy atom. The number of rotatable bonds is 9. The van der Waals surface area contributed by atoms with E-state index in [0.717, 1.165) is 35.0 Å². The SMILES string of the molecule is c1ccc(-c2ccc(N3c4cc(-c5ccc(N6C7CC8CC(C7)CC6C8)cc5)ccc4B4c5ccc(-c6ccc(N7C8CC9CC(C8)CC7C9)cc6)cc5N(c5ccc(-c6ccccc6)cc5)c5cc(-c6ccccc6)cc3c54)cc2)cc1. The van der Waals surface area contributed by atoms with Gasteiger partial charge in [-0.25, -0.2) is 0 Å². The first-order valence-corrected chi connectivity index (χ1v) is 31.3. The average molecular weight is 1070 g/mol. The third kappa shape index (κ3) is 7.93. The van der Waals surface area contributed by atoms with Crippen molar-refractivity contribution >= 4 is 68.6 Å². The van der Waals surface area contributed by atoms with Crippen molar-refractivity contribution in [2.45, 2.75) is 88.4 Å². The standard InChI is InChI=1S/C78H67BN4/c1-4-10-54(11-5-1)57-16-30-66(31-17-57)82-74-46-61(59-20-26-64(27-21-59)80-68-38-50-36-51(40-68)41-69(80)39-50)24-34-72(74)79-73-35-25-62(60-22-28-65(29-23-60)81-70-42-52-37-53(44-70)45-71(81)43-52)47-75(73)83(67-32-18-58(19-33-67)55-12-6-2-7-13-55)77-49-63(48-76(82)78(77)79)56-14-8-3-9-15-56/h1-35,46-53,68-71H,36-45H2. The lowest BCUT2D eigenvalue weighted by Crippen LogP contribution is -2.61. The first-order valence-electron chi connectivity index (χ1n) is 31.3. The van der Waals surface area contributed by atoms with E-state index in [1.807, 2.05) is 0 Å². The van der Waals surface area contributed by atoms with Crippen molar-refractivity contribution in [1.29, 1.82) is 0 Å². The molecule has 0 aromatic heterocycles. The lowest BCUT2D eigenvalue weighted by molar-refractivity contribution is 0.0899. The van der Waals surface area contributed by atoms with Crippen LogP contribution in [0.5, 0.6) is 0 Å². The smallest absolute Gasteiger partial charge is 0.252 e. The Labute approximate surface area is 489 Å². The van der Waals surface area contributed by atoms with Crippen LogP contribution in [0.3, 0.4) is 0 Å². The first kappa shape index (κ1) is 48.0. The summed E-state index contributed by atoms with van der Waals surface area (Å²) < 4.78 is 0. The highest BCUT2D eigenvalue weighted by Crippen LogP contribution is 2.53. The van der Waals surface area contributed by atoms with E-state index < -0.39 is 0 Å². The predicted octanol–water partition coefficient (Wildman–Crippen LogP) is 17.6. The van der Waals surface area contributed by atoms with Gasteiger partial charge in [0.1, 0.15) is 0 Å². The van der Waals surface area contributed by atoms with Gasteiger partial charge >= 0.3 is 0 Å². The van der Waals surface area contributed by atoms with E-state index in [1.165, 1.54) is 170 Å². The van der Waals surface area contributed by atoms with Gasteiger partial charge < -0.3 is 19.6 Å². The number of benzene rings is 10. The Kier molecular flexibility index (Phi) is 11.0. The molecule has 8 bridgehead atoms. The van der Waals surface area contributed by atoms with Gasteiger partial charge in [0.25, 0.3) is 6.71 Å². The van der Waals surface area contributed by atoms with Gasteiger partial charge in [-0.1, -0.05) is 164 Å².